The minimum absolute atomic E-state index is 0.347. The quantitative estimate of drug-likeness (QED) is 0.820. The maximum atomic E-state index is 9.41. The second kappa shape index (κ2) is 6.05. The SMILES string of the molecule is CN(C)CC(C1=CCCCC1)c1ccc(O)cc1. The second-order valence-corrected chi connectivity index (χ2v) is 5.43. The van der Waals surface area contributed by atoms with E-state index in [1.807, 2.05) is 0 Å². The van der Waals surface area contributed by atoms with E-state index < -0.39 is 0 Å². The smallest absolute Gasteiger partial charge is 0.115 e. The van der Waals surface area contributed by atoms with Gasteiger partial charge in [-0.15, -0.1) is 0 Å². The average Bonchev–Trinajstić information content (AvgIpc) is 2.38. The maximum absolute atomic E-state index is 9.41. The Balaban J connectivity index is 2.23. The highest BCUT2D eigenvalue weighted by atomic mass is 16.3. The molecule has 2 heteroatoms. The number of hydrogen-bond acceptors (Lipinski definition) is 2. The molecule has 2 rings (SSSR count). The van der Waals surface area contributed by atoms with Gasteiger partial charge in [0.25, 0.3) is 0 Å². The zero-order valence-electron chi connectivity index (χ0n) is 11.4. The molecule has 18 heavy (non-hydrogen) atoms. The Bertz CT molecular complexity index is 406. The summed E-state index contributed by atoms with van der Waals surface area (Å²) >= 11 is 0. The summed E-state index contributed by atoms with van der Waals surface area (Å²) in [5.41, 5.74) is 2.88. The largest absolute Gasteiger partial charge is 0.508 e. The van der Waals surface area contributed by atoms with Gasteiger partial charge < -0.3 is 10.0 Å². The molecule has 1 aromatic rings. The monoisotopic (exact) mass is 245 g/mol. The molecule has 0 aliphatic heterocycles. The first kappa shape index (κ1) is 13.2. The van der Waals surface area contributed by atoms with Crippen molar-refractivity contribution in [2.45, 2.75) is 31.6 Å². The lowest BCUT2D eigenvalue weighted by Gasteiger charge is -2.26. The lowest BCUT2D eigenvalue weighted by atomic mass is 9.84. The van der Waals surface area contributed by atoms with Crippen LogP contribution in [0.25, 0.3) is 0 Å². The Labute approximate surface area is 110 Å². The molecule has 0 bridgehead atoms. The van der Waals surface area contributed by atoms with Gasteiger partial charge in [0.1, 0.15) is 5.75 Å². The van der Waals surface area contributed by atoms with E-state index in [4.69, 9.17) is 0 Å². The first-order valence-corrected chi connectivity index (χ1v) is 6.79. The van der Waals surface area contributed by atoms with Gasteiger partial charge in [0, 0.05) is 12.5 Å². The molecule has 1 aliphatic rings. The summed E-state index contributed by atoms with van der Waals surface area (Å²) in [6, 6.07) is 7.70. The van der Waals surface area contributed by atoms with Crippen LogP contribution in [0.1, 0.15) is 37.2 Å². The van der Waals surface area contributed by atoms with Crippen LogP contribution in [-0.2, 0) is 0 Å². The third-order valence-electron chi connectivity index (χ3n) is 3.62. The Morgan fingerprint density at radius 2 is 1.89 bits per heavy atom. The molecule has 0 aromatic heterocycles. The maximum Gasteiger partial charge on any atom is 0.115 e. The fourth-order valence-corrected chi connectivity index (χ4v) is 2.69. The molecule has 0 saturated heterocycles. The Morgan fingerprint density at radius 3 is 2.44 bits per heavy atom. The van der Waals surface area contributed by atoms with Crippen molar-refractivity contribution < 1.29 is 5.11 Å². The predicted molar refractivity (Wildman–Crippen MR) is 76.0 cm³/mol. The Hall–Kier alpha value is -1.28. The van der Waals surface area contributed by atoms with Crippen LogP contribution in [0, 0.1) is 0 Å². The van der Waals surface area contributed by atoms with E-state index in [2.05, 4.69) is 37.2 Å². The highest BCUT2D eigenvalue weighted by Crippen LogP contribution is 2.32. The number of allylic oxidation sites excluding steroid dienone is 1. The van der Waals surface area contributed by atoms with Crippen molar-refractivity contribution in [1.29, 1.82) is 0 Å². The fourth-order valence-electron chi connectivity index (χ4n) is 2.69. The van der Waals surface area contributed by atoms with Crippen LogP contribution >= 0.6 is 0 Å². The minimum Gasteiger partial charge on any atom is -0.508 e. The third-order valence-corrected chi connectivity index (χ3v) is 3.62. The number of phenolic OH excluding ortho intramolecular Hbond substituents is 1. The molecular weight excluding hydrogens is 222 g/mol. The Morgan fingerprint density at radius 1 is 1.17 bits per heavy atom. The number of rotatable bonds is 4. The number of aromatic hydroxyl groups is 1. The summed E-state index contributed by atoms with van der Waals surface area (Å²) in [5.74, 6) is 0.820. The van der Waals surface area contributed by atoms with Crippen molar-refractivity contribution in [3.63, 3.8) is 0 Å². The topological polar surface area (TPSA) is 23.5 Å². The molecule has 2 nitrogen and oxygen atoms in total. The molecule has 1 aliphatic carbocycles. The fraction of sp³-hybridized carbons (Fsp3) is 0.500. The molecule has 98 valence electrons. The van der Waals surface area contributed by atoms with Crippen molar-refractivity contribution in [2.24, 2.45) is 0 Å². The standard InChI is InChI=1S/C16H23NO/c1-17(2)12-16(13-6-4-3-5-7-13)14-8-10-15(18)11-9-14/h6,8-11,16,18H,3-5,7,12H2,1-2H3. The highest BCUT2D eigenvalue weighted by Gasteiger charge is 2.19. The van der Waals surface area contributed by atoms with E-state index in [-0.39, 0.29) is 0 Å². The molecular formula is C16H23NO. The van der Waals surface area contributed by atoms with Crippen LogP contribution in [0.3, 0.4) is 0 Å². The molecule has 0 amide bonds. The number of nitrogens with zero attached hydrogens (tertiary/aromatic N) is 1. The molecule has 1 unspecified atom stereocenters. The highest BCUT2D eigenvalue weighted by molar-refractivity contribution is 5.34. The minimum atomic E-state index is 0.347. The second-order valence-electron chi connectivity index (χ2n) is 5.43. The molecule has 0 radical (unpaired) electrons. The van der Waals surface area contributed by atoms with E-state index >= 15 is 0 Å². The van der Waals surface area contributed by atoms with E-state index in [1.54, 1.807) is 17.7 Å². The summed E-state index contributed by atoms with van der Waals surface area (Å²) < 4.78 is 0. The van der Waals surface area contributed by atoms with Gasteiger partial charge in [-0.1, -0.05) is 23.8 Å². The van der Waals surface area contributed by atoms with Gasteiger partial charge in [0.15, 0.2) is 0 Å². The van der Waals surface area contributed by atoms with Gasteiger partial charge in [-0.05, 0) is 57.5 Å². The first-order valence-electron chi connectivity index (χ1n) is 6.79. The van der Waals surface area contributed by atoms with Crippen molar-refractivity contribution in [3.8, 4) is 5.75 Å². The van der Waals surface area contributed by atoms with Crippen LogP contribution in [-0.4, -0.2) is 30.6 Å². The van der Waals surface area contributed by atoms with Gasteiger partial charge >= 0.3 is 0 Å². The Kier molecular flexibility index (Phi) is 4.43. The number of hydrogen-bond donors (Lipinski definition) is 1. The van der Waals surface area contributed by atoms with Gasteiger partial charge in [-0.25, -0.2) is 0 Å². The normalized spacial score (nSPS) is 17.6. The molecule has 0 fully saturated rings. The average molecular weight is 245 g/mol. The van der Waals surface area contributed by atoms with Crippen LogP contribution in [0.15, 0.2) is 35.9 Å². The molecule has 1 N–H and O–H groups in total. The lowest BCUT2D eigenvalue weighted by Crippen LogP contribution is -2.22. The predicted octanol–water partition coefficient (Wildman–Crippen LogP) is 3.54. The summed E-state index contributed by atoms with van der Waals surface area (Å²) in [7, 11) is 4.24. The molecule has 1 atom stereocenters. The van der Waals surface area contributed by atoms with Crippen molar-refractivity contribution in [1.82, 2.24) is 4.90 Å². The van der Waals surface area contributed by atoms with E-state index in [0.717, 1.165) is 6.54 Å². The van der Waals surface area contributed by atoms with E-state index in [0.29, 0.717) is 11.7 Å². The van der Waals surface area contributed by atoms with Gasteiger partial charge in [-0.2, -0.15) is 0 Å². The van der Waals surface area contributed by atoms with Gasteiger partial charge in [-0.3, -0.25) is 0 Å². The molecule has 0 spiro atoms. The van der Waals surface area contributed by atoms with Crippen molar-refractivity contribution in [3.05, 3.63) is 41.5 Å². The zero-order chi connectivity index (χ0) is 13.0. The van der Waals surface area contributed by atoms with E-state index in [1.165, 1.54) is 31.2 Å². The number of phenols is 1. The van der Waals surface area contributed by atoms with Crippen LogP contribution in [0.5, 0.6) is 5.75 Å². The van der Waals surface area contributed by atoms with Crippen LogP contribution in [0.4, 0.5) is 0 Å². The summed E-state index contributed by atoms with van der Waals surface area (Å²) in [6.07, 6.45) is 7.50. The first-order chi connectivity index (χ1) is 8.66. The van der Waals surface area contributed by atoms with Crippen LogP contribution < -0.4 is 0 Å². The summed E-state index contributed by atoms with van der Waals surface area (Å²) in [4.78, 5) is 2.24. The third kappa shape index (κ3) is 3.36. The van der Waals surface area contributed by atoms with Gasteiger partial charge in [0.05, 0.1) is 0 Å². The van der Waals surface area contributed by atoms with Gasteiger partial charge in [0.2, 0.25) is 0 Å². The van der Waals surface area contributed by atoms with Crippen LogP contribution in [0.2, 0.25) is 0 Å². The molecule has 1 aromatic carbocycles. The van der Waals surface area contributed by atoms with E-state index in [9.17, 15) is 5.11 Å². The molecule has 0 heterocycles. The summed E-state index contributed by atoms with van der Waals surface area (Å²) in [6.45, 7) is 1.04. The summed E-state index contributed by atoms with van der Waals surface area (Å²) in [5, 5.41) is 9.41. The number of benzene rings is 1. The van der Waals surface area contributed by atoms with Crippen molar-refractivity contribution in [2.75, 3.05) is 20.6 Å². The number of likely N-dealkylation sites (N-methyl/N-ethyl adjacent to an activating group) is 1. The zero-order valence-corrected chi connectivity index (χ0v) is 11.4. The lowest BCUT2D eigenvalue weighted by molar-refractivity contribution is 0.383. The molecule has 0 saturated carbocycles. The van der Waals surface area contributed by atoms with Crippen molar-refractivity contribution >= 4 is 0 Å².